The zero-order valence-corrected chi connectivity index (χ0v) is 12.2. The maximum atomic E-state index is 12.2. The fraction of sp³-hybridized carbons (Fsp3) is 0.312. The van der Waals surface area contributed by atoms with Crippen molar-refractivity contribution in [1.82, 2.24) is 15.3 Å². The van der Waals surface area contributed by atoms with Crippen LogP contribution >= 0.6 is 0 Å². The molecular formula is C16H19N5O. The number of nitrogens with one attached hydrogen (secondary N) is 2. The van der Waals surface area contributed by atoms with E-state index in [1.54, 1.807) is 12.4 Å². The van der Waals surface area contributed by atoms with Crippen LogP contribution in [0.2, 0.25) is 0 Å². The summed E-state index contributed by atoms with van der Waals surface area (Å²) in [5.41, 5.74) is 8.07. The summed E-state index contributed by atoms with van der Waals surface area (Å²) < 4.78 is 0. The lowest BCUT2D eigenvalue weighted by Crippen LogP contribution is -2.43. The minimum atomic E-state index is -0.0998. The van der Waals surface area contributed by atoms with Crippen LogP contribution in [0, 0.1) is 0 Å². The van der Waals surface area contributed by atoms with Crippen LogP contribution in [0.15, 0.2) is 36.7 Å². The molecule has 0 radical (unpaired) electrons. The first-order chi connectivity index (χ1) is 10.7. The van der Waals surface area contributed by atoms with Crippen LogP contribution in [0.25, 0.3) is 11.1 Å². The molecule has 0 spiro atoms. The Bertz CT molecular complexity index is 650. The monoisotopic (exact) mass is 297 g/mol. The van der Waals surface area contributed by atoms with Gasteiger partial charge in [0.05, 0.1) is 6.04 Å². The van der Waals surface area contributed by atoms with Gasteiger partial charge >= 0.3 is 0 Å². The zero-order valence-electron chi connectivity index (χ0n) is 12.2. The van der Waals surface area contributed by atoms with E-state index in [1.807, 2.05) is 24.3 Å². The molecule has 6 nitrogen and oxygen atoms in total. The predicted octanol–water partition coefficient (Wildman–Crippen LogP) is 1.81. The largest absolute Gasteiger partial charge is 0.368 e. The molecule has 0 bridgehead atoms. The van der Waals surface area contributed by atoms with Crippen LogP contribution < -0.4 is 16.4 Å². The van der Waals surface area contributed by atoms with Gasteiger partial charge < -0.3 is 16.4 Å². The Morgan fingerprint density at radius 2 is 2.05 bits per heavy atom. The number of hydrogen-bond donors (Lipinski definition) is 3. The lowest BCUT2D eigenvalue weighted by Gasteiger charge is -2.22. The molecule has 1 aromatic carbocycles. The van der Waals surface area contributed by atoms with Crippen molar-refractivity contribution >= 4 is 17.5 Å². The Hall–Kier alpha value is -2.47. The third-order valence-electron chi connectivity index (χ3n) is 3.76. The number of benzene rings is 1. The van der Waals surface area contributed by atoms with Gasteiger partial charge in [-0.05, 0) is 37.1 Å². The highest BCUT2D eigenvalue weighted by atomic mass is 16.2. The van der Waals surface area contributed by atoms with E-state index in [-0.39, 0.29) is 17.9 Å². The summed E-state index contributed by atoms with van der Waals surface area (Å²) in [7, 11) is 0. The lowest BCUT2D eigenvalue weighted by molar-refractivity contribution is -0.118. The minimum Gasteiger partial charge on any atom is -0.368 e. The fourth-order valence-electron chi connectivity index (χ4n) is 2.57. The standard InChI is InChI=1S/C16H19N5O/c17-16-19-9-12(10-20-16)11-4-3-5-13(8-11)21-15(22)14-6-1-2-7-18-14/h3-5,8-10,14,18H,1-2,6-7H2,(H,21,22)(H2,17,19,20)/t14-/m0/s1. The molecule has 4 N–H and O–H groups in total. The Balaban J connectivity index is 1.73. The average molecular weight is 297 g/mol. The van der Waals surface area contributed by atoms with Crippen molar-refractivity contribution in [1.29, 1.82) is 0 Å². The van der Waals surface area contributed by atoms with E-state index >= 15 is 0 Å². The third kappa shape index (κ3) is 3.40. The molecule has 2 heterocycles. The summed E-state index contributed by atoms with van der Waals surface area (Å²) >= 11 is 0. The Labute approximate surface area is 129 Å². The molecule has 1 fully saturated rings. The van der Waals surface area contributed by atoms with Crippen molar-refractivity contribution < 1.29 is 4.79 Å². The predicted molar refractivity (Wildman–Crippen MR) is 86.2 cm³/mol. The van der Waals surface area contributed by atoms with E-state index in [2.05, 4.69) is 20.6 Å². The molecule has 1 atom stereocenters. The van der Waals surface area contributed by atoms with Crippen molar-refractivity contribution in [2.24, 2.45) is 0 Å². The average Bonchev–Trinajstić information content (AvgIpc) is 2.56. The molecule has 0 unspecified atom stereocenters. The molecule has 22 heavy (non-hydrogen) atoms. The first-order valence-electron chi connectivity index (χ1n) is 7.44. The van der Waals surface area contributed by atoms with Crippen LogP contribution in [0.3, 0.4) is 0 Å². The Kier molecular flexibility index (Phi) is 4.29. The minimum absolute atomic E-state index is 0.0189. The van der Waals surface area contributed by atoms with E-state index in [9.17, 15) is 4.79 Å². The maximum absolute atomic E-state index is 12.2. The van der Waals surface area contributed by atoms with Gasteiger partial charge in [0.1, 0.15) is 0 Å². The number of nitrogens with two attached hydrogens (primary N) is 1. The van der Waals surface area contributed by atoms with Gasteiger partial charge in [-0.15, -0.1) is 0 Å². The topological polar surface area (TPSA) is 92.9 Å². The summed E-state index contributed by atoms with van der Waals surface area (Å²) in [6, 6.07) is 7.54. The van der Waals surface area contributed by atoms with Gasteiger partial charge in [-0.1, -0.05) is 18.6 Å². The zero-order chi connectivity index (χ0) is 15.4. The third-order valence-corrected chi connectivity index (χ3v) is 3.76. The van der Waals surface area contributed by atoms with Crippen LogP contribution in [-0.4, -0.2) is 28.5 Å². The van der Waals surface area contributed by atoms with E-state index in [4.69, 9.17) is 5.73 Å². The van der Waals surface area contributed by atoms with Crippen molar-refractivity contribution in [2.45, 2.75) is 25.3 Å². The second kappa shape index (κ2) is 6.53. The van der Waals surface area contributed by atoms with E-state index in [0.717, 1.165) is 42.6 Å². The van der Waals surface area contributed by atoms with Crippen molar-refractivity contribution in [2.75, 3.05) is 17.6 Å². The van der Waals surface area contributed by atoms with Gasteiger partial charge in [-0.3, -0.25) is 4.79 Å². The van der Waals surface area contributed by atoms with Crippen LogP contribution in [-0.2, 0) is 4.79 Å². The number of aromatic nitrogens is 2. The van der Waals surface area contributed by atoms with Crippen molar-refractivity contribution in [3.05, 3.63) is 36.7 Å². The molecule has 1 aliphatic rings. The fourth-order valence-corrected chi connectivity index (χ4v) is 2.57. The lowest BCUT2D eigenvalue weighted by atomic mass is 10.0. The highest BCUT2D eigenvalue weighted by Crippen LogP contribution is 2.22. The number of carbonyl (C=O) groups is 1. The highest BCUT2D eigenvalue weighted by molar-refractivity contribution is 5.95. The van der Waals surface area contributed by atoms with Gasteiger partial charge in [-0.25, -0.2) is 9.97 Å². The summed E-state index contributed by atoms with van der Waals surface area (Å²) in [6.45, 7) is 0.904. The summed E-state index contributed by atoms with van der Waals surface area (Å²) in [4.78, 5) is 20.2. The molecule has 0 aliphatic carbocycles. The summed E-state index contributed by atoms with van der Waals surface area (Å²) in [5, 5.41) is 6.21. The van der Waals surface area contributed by atoms with Crippen molar-refractivity contribution in [3.8, 4) is 11.1 Å². The molecule has 2 aromatic rings. The number of amides is 1. The van der Waals surface area contributed by atoms with Crippen LogP contribution in [0.5, 0.6) is 0 Å². The molecule has 1 saturated heterocycles. The SMILES string of the molecule is Nc1ncc(-c2cccc(NC(=O)[C@@H]3CCCCN3)c2)cn1. The van der Waals surface area contributed by atoms with Gasteiger partial charge in [-0.2, -0.15) is 0 Å². The van der Waals surface area contributed by atoms with Crippen LogP contribution in [0.4, 0.5) is 11.6 Å². The molecule has 6 heteroatoms. The second-order valence-corrected chi connectivity index (χ2v) is 5.40. The number of nitrogen functional groups attached to an aromatic ring is 1. The number of anilines is 2. The van der Waals surface area contributed by atoms with E-state index < -0.39 is 0 Å². The number of rotatable bonds is 3. The summed E-state index contributed by atoms with van der Waals surface area (Å²) in [6.07, 6.45) is 6.46. The normalized spacial score (nSPS) is 17.9. The van der Waals surface area contributed by atoms with E-state index in [0.29, 0.717) is 0 Å². The Morgan fingerprint density at radius 1 is 1.23 bits per heavy atom. The van der Waals surface area contributed by atoms with Gasteiger partial charge in [0.2, 0.25) is 11.9 Å². The first-order valence-corrected chi connectivity index (χ1v) is 7.44. The molecular weight excluding hydrogens is 278 g/mol. The maximum Gasteiger partial charge on any atom is 0.241 e. The smallest absolute Gasteiger partial charge is 0.241 e. The van der Waals surface area contributed by atoms with Crippen LogP contribution in [0.1, 0.15) is 19.3 Å². The molecule has 114 valence electrons. The first kappa shape index (κ1) is 14.5. The molecule has 1 amide bonds. The number of nitrogens with zero attached hydrogens (tertiary/aromatic N) is 2. The van der Waals surface area contributed by atoms with Crippen molar-refractivity contribution in [3.63, 3.8) is 0 Å². The number of carbonyl (C=O) groups excluding carboxylic acids is 1. The number of hydrogen-bond acceptors (Lipinski definition) is 5. The van der Waals surface area contributed by atoms with Gasteiger partial charge in [0, 0.05) is 23.6 Å². The van der Waals surface area contributed by atoms with Gasteiger partial charge in [0.15, 0.2) is 0 Å². The van der Waals surface area contributed by atoms with Gasteiger partial charge in [0.25, 0.3) is 0 Å². The molecule has 3 rings (SSSR count). The molecule has 1 aliphatic heterocycles. The summed E-state index contributed by atoms with van der Waals surface area (Å²) in [5.74, 6) is 0.266. The number of piperidine rings is 1. The molecule has 0 saturated carbocycles. The highest BCUT2D eigenvalue weighted by Gasteiger charge is 2.20. The Morgan fingerprint density at radius 3 is 2.77 bits per heavy atom. The molecule has 1 aromatic heterocycles. The quantitative estimate of drug-likeness (QED) is 0.803. The van der Waals surface area contributed by atoms with E-state index in [1.165, 1.54) is 0 Å². The second-order valence-electron chi connectivity index (χ2n) is 5.40.